The van der Waals surface area contributed by atoms with E-state index in [2.05, 4.69) is 5.32 Å². The second kappa shape index (κ2) is 6.11. The maximum Gasteiger partial charge on any atom is 0.305 e. The summed E-state index contributed by atoms with van der Waals surface area (Å²) >= 11 is 0. The zero-order chi connectivity index (χ0) is 15.6. The summed E-state index contributed by atoms with van der Waals surface area (Å²) in [6, 6.07) is 5.04. The molecule has 1 heterocycles. The maximum absolute atomic E-state index is 12.8. The highest BCUT2D eigenvalue weighted by Crippen LogP contribution is 2.32. The lowest BCUT2D eigenvalue weighted by Crippen LogP contribution is -2.47. The first kappa shape index (κ1) is 15.3. The number of anilines is 1. The minimum atomic E-state index is -0.488. The third-order valence-corrected chi connectivity index (χ3v) is 4.15. The van der Waals surface area contributed by atoms with E-state index < -0.39 is 4.92 Å². The van der Waals surface area contributed by atoms with Crippen molar-refractivity contribution in [3.63, 3.8) is 0 Å². The van der Waals surface area contributed by atoms with E-state index >= 15 is 0 Å². The second-order valence-corrected chi connectivity index (χ2v) is 5.55. The first-order chi connectivity index (χ1) is 9.97. The molecule has 2 rings (SSSR count). The zero-order valence-electron chi connectivity index (χ0n) is 12.6. The minimum Gasteiger partial charge on any atom is -0.383 e. The van der Waals surface area contributed by atoms with Crippen molar-refractivity contribution in [1.82, 2.24) is 4.90 Å². The maximum atomic E-state index is 12.8. The summed E-state index contributed by atoms with van der Waals surface area (Å²) in [5.41, 5.74) is 0.380. The first-order valence-corrected chi connectivity index (χ1v) is 7.25. The van der Waals surface area contributed by atoms with Gasteiger partial charge in [0.25, 0.3) is 5.91 Å². The fraction of sp³-hybridized carbons (Fsp3) is 0.533. The molecule has 1 saturated heterocycles. The first-order valence-electron chi connectivity index (χ1n) is 7.25. The molecule has 1 fully saturated rings. The number of rotatable bonds is 3. The topological polar surface area (TPSA) is 75.5 Å². The van der Waals surface area contributed by atoms with Gasteiger partial charge < -0.3 is 10.2 Å². The summed E-state index contributed by atoms with van der Waals surface area (Å²) in [6.07, 6.45) is 2.97. The molecule has 1 aromatic carbocycles. The van der Waals surface area contributed by atoms with Crippen molar-refractivity contribution in [3.8, 4) is 0 Å². The van der Waals surface area contributed by atoms with Crippen LogP contribution in [0.3, 0.4) is 0 Å². The number of nitrogens with zero attached hydrogens (tertiary/aromatic N) is 2. The number of likely N-dealkylation sites (tertiary alicyclic amines) is 1. The largest absolute Gasteiger partial charge is 0.383 e. The van der Waals surface area contributed by atoms with Gasteiger partial charge >= 0.3 is 5.69 Å². The number of nitrogens with one attached hydrogen (secondary N) is 1. The fourth-order valence-corrected chi connectivity index (χ4v) is 3.08. The van der Waals surface area contributed by atoms with E-state index in [0.717, 1.165) is 19.3 Å². The van der Waals surface area contributed by atoms with Gasteiger partial charge in [-0.3, -0.25) is 14.9 Å². The van der Waals surface area contributed by atoms with Crippen LogP contribution in [0.2, 0.25) is 0 Å². The molecule has 1 amide bonds. The molecule has 21 heavy (non-hydrogen) atoms. The molecule has 1 N–H and O–H groups in total. The van der Waals surface area contributed by atoms with Gasteiger partial charge in [-0.05, 0) is 45.2 Å². The fourth-order valence-electron chi connectivity index (χ4n) is 3.08. The Morgan fingerprint density at radius 1 is 1.33 bits per heavy atom. The van der Waals surface area contributed by atoms with Gasteiger partial charge in [0.15, 0.2) is 0 Å². The lowest BCUT2D eigenvalue weighted by Gasteiger charge is -2.39. The van der Waals surface area contributed by atoms with E-state index in [0.29, 0.717) is 5.69 Å². The Bertz CT molecular complexity index is 549. The van der Waals surface area contributed by atoms with Gasteiger partial charge in [-0.1, -0.05) is 6.07 Å². The molecule has 0 saturated carbocycles. The van der Waals surface area contributed by atoms with Crippen LogP contribution in [0.4, 0.5) is 11.4 Å². The summed E-state index contributed by atoms with van der Waals surface area (Å²) in [5.74, 6) is -0.251. The predicted octanol–water partition coefficient (Wildman–Crippen LogP) is 3.04. The van der Waals surface area contributed by atoms with E-state index in [-0.39, 0.29) is 29.2 Å². The highest BCUT2D eigenvalue weighted by Gasteiger charge is 2.34. The monoisotopic (exact) mass is 291 g/mol. The zero-order valence-corrected chi connectivity index (χ0v) is 12.6. The summed E-state index contributed by atoms with van der Waals surface area (Å²) in [5, 5.41) is 14.1. The van der Waals surface area contributed by atoms with Crippen LogP contribution in [0.1, 0.15) is 43.5 Å². The summed E-state index contributed by atoms with van der Waals surface area (Å²) in [4.78, 5) is 25.4. The Kier molecular flexibility index (Phi) is 4.45. The Labute approximate surface area is 124 Å². The highest BCUT2D eigenvalue weighted by molar-refractivity contribution is 6.00. The van der Waals surface area contributed by atoms with Gasteiger partial charge in [0.05, 0.1) is 4.92 Å². The molecule has 6 nitrogen and oxygen atoms in total. The Balaban J connectivity index is 2.45. The number of piperidine rings is 1. The van der Waals surface area contributed by atoms with Crippen LogP contribution in [0, 0.1) is 10.1 Å². The van der Waals surface area contributed by atoms with E-state index in [9.17, 15) is 14.9 Å². The van der Waals surface area contributed by atoms with Crippen molar-refractivity contribution in [1.29, 1.82) is 0 Å². The number of hydrogen-bond donors (Lipinski definition) is 1. The van der Waals surface area contributed by atoms with Crippen molar-refractivity contribution in [3.05, 3.63) is 33.9 Å². The van der Waals surface area contributed by atoms with Gasteiger partial charge in [0, 0.05) is 19.1 Å². The molecule has 1 aliphatic heterocycles. The third kappa shape index (κ3) is 2.84. The van der Waals surface area contributed by atoms with Crippen LogP contribution in [0.15, 0.2) is 18.2 Å². The predicted molar refractivity (Wildman–Crippen MR) is 81.6 cm³/mol. The molecular weight excluding hydrogens is 270 g/mol. The quantitative estimate of drug-likeness (QED) is 0.686. The number of benzene rings is 1. The Morgan fingerprint density at radius 2 is 1.95 bits per heavy atom. The van der Waals surface area contributed by atoms with E-state index in [1.165, 1.54) is 6.07 Å². The number of carbonyl (C=O) groups excluding carboxylic acids is 1. The van der Waals surface area contributed by atoms with Gasteiger partial charge in [0.2, 0.25) is 0 Å². The molecule has 0 aromatic heterocycles. The second-order valence-electron chi connectivity index (χ2n) is 5.55. The van der Waals surface area contributed by atoms with Gasteiger partial charge in [-0.25, -0.2) is 0 Å². The van der Waals surface area contributed by atoms with Crippen molar-refractivity contribution >= 4 is 17.3 Å². The third-order valence-electron chi connectivity index (χ3n) is 4.15. The number of amides is 1. The highest BCUT2D eigenvalue weighted by atomic mass is 16.6. The number of nitro benzene ring substituents is 1. The number of carbonyl (C=O) groups is 1. The number of hydrogen-bond acceptors (Lipinski definition) is 4. The van der Waals surface area contributed by atoms with Crippen LogP contribution in [-0.2, 0) is 0 Å². The molecule has 0 aliphatic carbocycles. The van der Waals surface area contributed by atoms with Crippen LogP contribution in [0.5, 0.6) is 0 Å². The molecule has 0 spiro atoms. The standard InChI is InChI=1S/C15H21N3O3/c1-10-6-4-7-11(2)17(10)15(19)12-8-5-9-13(16-3)14(12)18(20)21/h5,8-11,16H,4,6-7H2,1-3H3/t10-,11+. The van der Waals surface area contributed by atoms with Crippen LogP contribution >= 0.6 is 0 Å². The summed E-state index contributed by atoms with van der Waals surface area (Å²) < 4.78 is 0. The average Bonchev–Trinajstić information content (AvgIpc) is 2.45. The smallest absolute Gasteiger partial charge is 0.305 e. The van der Waals surface area contributed by atoms with E-state index in [1.54, 1.807) is 24.1 Å². The van der Waals surface area contributed by atoms with Crippen LogP contribution in [0.25, 0.3) is 0 Å². The molecular formula is C15H21N3O3. The van der Waals surface area contributed by atoms with E-state index in [4.69, 9.17) is 0 Å². The van der Waals surface area contributed by atoms with Crippen LogP contribution < -0.4 is 5.32 Å². The Hall–Kier alpha value is -2.11. The molecule has 114 valence electrons. The van der Waals surface area contributed by atoms with Crippen molar-refractivity contribution in [2.75, 3.05) is 12.4 Å². The SMILES string of the molecule is CNc1cccc(C(=O)N2[C@H](C)CCC[C@@H]2C)c1[N+](=O)[O-]. The summed E-state index contributed by atoms with van der Waals surface area (Å²) in [6.45, 7) is 4.00. The molecule has 1 aliphatic rings. The van der Waals surface area contributed by atoms with Crippen molar-refractivity contribution in [2.24, 2.45) is 0 Å². The molecule has 2 atom stereocenters. The molecule has 1 aromatic rings. The molecule has 0 bridgehead atoms. The van der Waals surface area contributed by atoms with Crippen molar-refractivity contribution < 1.29 is 9.72 Å². The summed E-state index contributed by atoms with van der Waals surface area (Å²) in [7, 11) is 1.61. The van der Waals surface area contributed by atoms with Crippen molar-refractivity contribution in [2.45, 2.75) is 45.2 Å². The lowest BCUT2D eigenvalue weighted by atomic mass is 9.96. The van der Waals surface area contributed by atoms with Crippen LogP contribution in [-0.4, -0.2) is 34.9 Å². The molecule has 0 radical (unpaired) electrons. The molecule has 0 unspecified atom stereocenters. The van der Waals surface area contributed by atoms with E-state index in [1.807, 2.05) is 13.8 Å². The molecule has 6 heteroatoms. The normalized spacial score (nSPS) is 22.0. The van der Waals surface area contributed by atoms with Gasteiger partial charge in [-0.15, -0.1) is 0 Å². The van der Waals surface area contributed by atoms with Gasteiger partial charge in [0.1, 0.15) is 11.3 Å². The number of nitro groups is 1. The number of para-hydroxylation sites is 1. The average molecular weight is 291 g/mol. The lowest BCUT2D eigenvalue weighted by molar-refractivity contribution is -0.384. The Morgan fingerprint density at radius 3 is 2.48 bits per heavy atom. The van der Waals surface area contributed by atoms with Gasteiger partial charge in [-0.2, -0.15) is 0 Å². The minimum absolute atomic E-state index is 0.110.